The summed E-state index contributed by atoms with van der Waals surface area (Å²) in [4.78, 5) is 0. The van der Waals surface area contributed by atoms with Crippen LogP contribution in [0, 0.1) is 0 Å². The quantitative estimate of drug-likeness (QED) is 0.429. The van der Waals surface area contributed by atoms with Crippen molar-refractivity contribution in [1.29, 1.82) is 0 Å². The Bertz CT molecular complexity index is 178. The van der Waals surface area contributed by atoms with Crippen LogP contribution in [0.25, 0.3) is 0 Å². The van der Waals surface area contributed by atoms with Crippen molar-refractivity contribution in [2.24, 2.45) is 5.73 Å². The molecule has 7 heteroatoms. The first-order chi connectivity index (χ1) is 6.73. The molecule has 0 heterocycles. The summed E-state index contributed by atoms with van der Waals surface area (Å²) >= 11 is 0. The van der Waals surface area contributed by atoms with Crippen molar-refractivity contribution in [1.82, 2.24) is 0 Å². The van der Waals surface area contributed by atoms with E-state index < -0.39 is 31.2 Å². The summed E-state index contributed by atoms with van der Waals surface area (Å²) in [5.41, 5.74) is 4.21. The van der Waals surface area contributed by atoms with E-state index in [0.717, 1.165) is 0 Å². The van der Waals surface area contributed by atoms with Gasteiger partial charge in [0.05, 0.1) is 6.67 Å². The maximum atomic E-state index is 12.8. The molecule has 2 N–H and O–H groups in total. The van der Waals surface area contributed by atoms with E-state index in [0.29, 0.717) is 0 Å². The van der Waals surface area contributed by atoms with Crippen LogP contribution in [0.2, 0.25) is 0 Å². The molecule has 0 bridgehead atoms. The van der Waals surface area contributed by atoms with Gasteiger partial charge in [0.15, 0.2) is 6.17 Å². The lowest BCUT2D eigenvalue weighted by atomic mass is 10.0. The molecule has 0 aromatic heterocycles. The van der Waals surface area contributed by atoms with Crippen LogP contribution in [0.15, 0.2) is 0 Å². The molecule has 0 rings (SSSR count). The van der Waals surface area contributed by atoms with Gasteiger partial charge in [0.2, 0.25) is 0 Å². The predicted molar refractivity (Wildman–Crippen MR) is 43.4 cm³/mol. The molecule has 15 heavy (non-hydrogen) atoms. The lowest BCUT2D eigenvalue weighted by Gasteiger charge is -2.26. The molecule has 0 radical (unpaired) electrons. The summed E-state index contributed by atoms with van der Waals surface area (Å²) < 4.78 is 72.6. The van der Waals surface area contributed by atoms with Gasteiger partial charge >= 0.3 is 6.18 Å². The molecular weight excluding hydrogens is 224 g/mol. The van der Waals surface area contributed by atoms with E-state index in [1.165, 1.54) is 0 Å². The van der Waals surface area contributed by atoms with Crippen LogP contribution in [-0.4, -0.2) is 24.8 Å². The fourth-order valence-corrected chi connectivity index (χ4v) is 0.982. The van der Waals surface area contributed by atoms with Crippen molar-refractivity contribution in [2.75, 3.05) is 6.67 Å². The summed E-state index contributed by atoms with van der Waals surface area (Å²) in [5, 5.41) is 0. The van der Waals surface area contributed by atoms with Gasteiger partial charge in [-0.05, 0) is 12.8 Å². The lowest BCUT2D eigenvalue weighted by molar-refractivity contribution is -0.249. The van der Waals surface area contributed by atoms with Gasteiger partial charge in [0.1, 0.15) is 0 Å². The monoisotopic (exact) mass is 237 g/mol. The van der Waals surface area contributed by atoms with Crippen LogP contribution in [0.1, 0.15) is 25.7 Å². The lowest BCUT2D eigenvalue weighted by Crippen LogP contribution is -2.56. The largest absolute Gasteiger partial charge is 0.439 e. The van der Waals surface area contributed by atoms with Crippen LogP contribution in [0.5, 0.6) is 0 Å². The minimum absolute atomic E-state index is 0.0238. The molecule has 1 nitrogen and oxygen atoms in total. The number of hydrogen-bond acceptors (Lipinski definition) is 1. The van der Waals surface area contributed by atoms with Crippen LogP contribution in [0.4, 0.5) is 26.3 Å². The van der Waals surface area contributed by atoms with Gasteiger partial charge in [-0.15, -0.1) is 0 Å². The third kappa shape index (κ3) is 4.27. The summed E-state index contributed by atoms with van der Waals surface area (Å²) in [7, 11) is 0. The molecular formula is C8H13F6N. The Balaban J connectivity index is 4.03. The molecule has 0 aliphatic heterocycles. The predicted octanol–water partition coefficient (Wildman–Crippen LogP) is 3.04. The first-order valence-electron chi connectivity index (χ1n) is 4.48. The Kier molecular flexibility index (Phi) is 5.41. The summed E-state index contributed by atoms with van der Waals surface area (Å²) in [6.07, 6.45) is -8.58. The van der Waals surface area contributed by atoms with E-state index in [1.807, 2.05) is 0 Å². The molecule has 0 aromatic rings. The highest BCUT2D eigenvalue weighted by atomic mass is 19.4. The molecule has 92 valence electrons. The summed E-state index contributed by atoms with van der Waals surface area (Å²) in [5.74, 6) is -4.32. The van der Waals surface area contributed by atoms with Crippen LogP contribution < -0.4 is 5.73 Å². The number of alkyl halides is 6. The van der Waals surface area contributed by atoms with Crippen LogP contribution >= 0.6 is 0 Å². The average Bonchev–Trinajstić information content (AvgIpc) is 2.10. The van der Waals surface area contributed by atoms with Crippen molar-refractivity contribution >= 4 is 0 Å². The number of rotatable bonds is 6. The molecule has 0 spiro atoms. The van der Waals surface area contributed by atoms with Crippen molar-refractivity contribution in [3.05, 3.63) is 0 Å². The number of halogens is 6. The average molecular weight is 237 g/mol. The minimum Gasteiger partial charge on any atom is -0.289 e. The first kappa shape index (κ1) is 14.5. The Labute approximate surface area is 83.6 Å². The van der Waals surface area contributed by atoms with Gasteiger partial charge in [-0.25, -0.2) is 8.78 Å². The second-order valence-corrected chi connectivity index (χ2v) is 3.27. The molecule has 0 saturated heterocycles. The zero-order valence-electron chi connectivity index (χ0n) is 7.96. The van der Waals surface area contributed by atoms with Gasteiger partial charge in [0.25, 0.3) is 5.79 Å². The maximum absolute atomic E-state index is 12.8. The summed E-state index contributed by atoms with van der Waals surface area (Å²) in [6.45, 7) is -0.625. The third-order valence-electron chi connectivity index (χ3n) is 1.98. The zero-order valence-corrected chi connectivity index (χ0v) is 7.96. The SMILES string of the molecule is NC(F)(C(F)CCCCCF)C(F)(F)F. The van der Waals surface area contributed by atoms with Crippen molar-refractivity contribution in [3.63, 3.8) is 0 Å². The fourth-order valence-electron chi connectivity index (χ4n) is 0.982. The van der Waals surface area contributed by atoms with Crippen LogP contribution in [0.3, 0.4) is 0 Å². The highest BCUT2D eigenvalue weighted by Gasteiger charge is 2.58. The van der Waals surface area contributed by atoms with E-state index >= 15 is 0 Å². The molecule has 0 amide bonds. The van der Waals surface area contributed by atoms with E-state index in [2.05, 4.69) is 5.73 Å². The molecule has 0 fully saturated rings. The maximum Gasteiger partial charge on any atom is 0.439 e. The second-order valence-electron chi connectivity index (χ2n) is 3.27. The van der Waals surface area contributed by atoms with Gasteiger partial charge in [-0.1, -0.05) is 12.8 Å². The number of unbranched alkanes of at least 4 members (excludes halogenated alkanes) is 2. The van der Waals surface area contributed by atoms with Crippen molar-refractivity contribution in [3.8, 4) is 0 Å². The highest BCUT2D eigenvalue weighted by Crippen LogP contribution is 2.35. The third-order valence-corrected chi connectivity index (χ3v) is 1.98. The Morgan fingerprint density at radius 1 is 1.00 bits per heavy atom. The van der Waals surface area contributed by atoms with Gasteiger partial charge in [-0.3, -0.25) is 10.1 Å². The second kappa shape index (κ2) is 5.58. The van der Waals surface area contributed by atoms with E-state index in [4.69, 9.17) is 0 Å². The molecule has 2 atom stereocenters. The molecule has 0 aromatic carbocycles. The van der Waals surface area contributed by atoms with Crippen molar-refractivity contribution in [2.45, 2.75) is 43.8 Å². The normalized spacial score (nSPS) is 18.6. The van der Waals surface area contributed by atoms with Gasteiger partial charge < -0.3 is 0 Å². The summed E-state index contributed by atoms with van der Waals surface area (Å²) in [6, 6.07) is 0. The first-order valence-corrected chi connectivity index (χ1v) is 4.48. The van der Waals surface area contributed by atoms with E-state index in [-0.39, 0.29) is 19.3 Å². The Morgan fingerprint density at radius 2 is 1.53 bits per heavy atom. The van der Waals surface area contributed by atoms with Crippen LogP contribution in [-0.2, 0) is 0 Å². The smallest absolute Gasteiger partial charge is 0.289 e. The molecule has 0 aliphatic rings. The fraction of sp³-hybridized carbons (Fsp3) is 1.00. The zero-order chi connectivity index (χ0) is 12.1. The molecule has 0 aliphatic carbocycles. The van der Waals surface area contributed by atoms with Crippen molar-refractivity contribution < 1.29 is 26.3 Å². The topological polar surface area (TPSA) is 26.0 Å². The molecule has 2 unspecified atom stereocenters. The molecule has 0 saturated carbocycles. The Morgan fingerprint density at radius 3 is 1.93 bits per heavy atom. The standard InChI is InChI=1S/C8H13F6N/c9-5-3-1-2-4-6(10)7(11,15)8(12,13)14/h6H,1-5,15H2. The van der Waals surface area contributed by atoms with Gasteiger partial charge in [0, 0.05) is 0 Å². The minimum atomic E-state index is -5.42. The van der Waals surface area contributed by atoms with Gasteiger partial charge in [-0.2, -0.15) is 13.2 Å². The number of hydrogen-bond donors (Lipinski definition) is 1. The highest BCUT2D eigenvalue weighted by molar-refractivity contribution is 4.88. The van der Waals surface area contributed by atoms with E-state index in [9.17, 15) is 26.3 Å². The number of nitrogens with two attached hydrogens (primary N) is 1. The Hall–Kier alpha value is -0.460. The van der Waals surface area contributed by atoms with E-state index in [1.54, 1.807) is 0 Å².